The lowest BCUT2D eigenvalue weighted by Crippen LogP contribution is -2.58. The lowest BCUT2D eigenvalue weighted by Gasteiger charge is -2.62. The molecule has 4 aliphatic rings. The average Bonchev–Trinajstić information content (AvgIpc) is 3.26. The molecule has 0 heterocycles. The summed E-state index contributed by atoms with van der Waals surface area (Å²) in [7, 11) is 1.36. The average molecular weight is 535 g/mol. The third kappa shape index (κ3) is 5.54. The summed E-state index contributed by atoms with van der Waals surface area (Å²) in [6, 6.07) is -0.614. The van der Waals surface area contributed by atoms with Crippen LogP contribution in [0.4, 0.5) is 0 Å². The SMILES string of the molecule is COC(=O)C(CCCCN)NC(=O)CCC(C)C1CCC2C3CCC4CC(O)CCC4(C)C3CC(O)C12C. The topological polar surface area (TPSA) is 122 Å². The number of nitrogens with two attached hydrogens (primary N) is 1. The third-order valence-corrected chi connectivity index (χ3v) is 12.1. The van der Waals surface area contributed by atoms with Crippen LogP contribution in [-0.2, 0) is 14.3 Å². The fourth-order valence-corrected chi connectivity index (χ4v) is 9.87. The first-order valence-corrected chi connectivity index (χ1v) is 15.5. The van der Waals surface area contributed by atoms with Crippen LogP contribution in [0.2, 0.25) is 0 Å². The summed E-state index contributed by atoms with van der Waals surface area (Å²) in [5.74, 6) is 2.56. The van der Waals surface area contributed by atoms with Gasteiger partial charge >= 0.3 is 5.97 Å². The van der Waals surface area contributed by atoms with Gasteiger partial charge in [0.25, 0.3) is 0 Å². The number of rotatable bonds is 10. The third-order valence-electron chi connectivity index (χ3n) is 12.1. The van der Waals surface area contributed by atoms with Crippen LogP contribution in [0.1, 0.15) is 104 Å². The molecule has 0 bridgehead atoms. The normalized spacial score (nSPS) is 41.8. The summed E-state index contributed by atoms with van der Waals surface area (Å²) in [6.45, 7) is 7.62. The molecule has 0 saturated heterocycles. The monoisotopic (exact) mass is 534 g/mol. The van der Waals surface area contributed by atoms with E-state index in [-0.39, 0.29) is 28.9 Å². The van der Waals surface area contributed by atoms with E-state index in [0.717, 1.165) is 51.4 Å². The molecule has 0 aromatic heterocycles. The molecular weight excluding hydrogens is 480 g/mol. The van der Waals surface area contributed by atoms with E-state index in [0.29, 0.717) is 54.9 Å². The maximum absolute atomic E-state index is 12.8. The van der Waals surface area contributed by atoms with Crippen molar-refractivity contribution in [3.8, 4) is 0 Å². The van der Waals surface area contributed by atoms with E-state index in [4.69, 9.17) is 10.5 Å². The molecule has 0 radical (unpaired) electrons. The minimum atomic E-state index is -0.614. The number of hydrogen-bond donors (Lipinski definition) is 4. The van der Waals surface area contributed by atoms with E-state index in [1.165, 1.54) is 26.4 Å². The van der Waals surface area contributed by atoms with E-state index in [1.807, 2.05) is 0 Å². The van der Waals surface area contributed by atoms with Crippen molar-refractivity contribution < 1.29 is 24.5 Å². The van der Waals surface area contributed by atoms with Gasteiger partial charge in [-0.2, -0.15) is 0 Å². The van der Waals surface area contributed by atoms with Crippen molar-refractivity contribution >= 4 is 11.9 Å². The fourth-order valence-electron chi connectivity index (χ4n) is 9.87. The predicted molar refractivity (Wildman–Crippen MR) is 148 cm³/mol. The van der Waals surface area contributed by atoms with E-state index < -0.39 is 12.0 Å². The molecule has 5 N–H and O–H groups in total. The number of esters is 1. The maximum atomic E-state index is 12.8. The Hall–Kier alpha value is -1.18. The van der Waals surface area contributed by atoms with Crippen LogP contribution in [0.5, 0.6) is 0 Å². The van der Waals surface area contributed by atoms with Crippen LogP contribution in [0, 0.1) is 46.3 Å². The van der Waals surface area contributed by atoms with E-state index >= 15 is 0 Å². The number of unbranched alkanes of at least 4 members (excludes halogenated alkanes) is 1. The molecule has 38 heavy (non-hydrogen) atoms. The van der Waals surface area contributed by atoms with Crippen molar-refractivity contribution in [1.82, 2.24) is 5.32 Å². The number of methoxy groups -OCH3 is 1. The molecule has 4 fully saturated rings. The Morgan fingerprint density at radius 3 is 2.50 bits per heavy atom. The first-order valence-electron chi connectivity index (χ1n) is 15.5. The van der Waals surface area contributed by atoms with Crippen molar-refractivity contribution in [3.05, 3.63) is 0 Å². The number of fused-ring (bicyclic) bond motifs is 5. The molecule has 1 amide bonds. The van der Waals surface area contributed by atoms with Crippen LogP contribution in [0.3, 0.4) is 0 Å². The summed E-state index contributed by atoms with van der Waals surface area (Å²) in [5, 5.41) is 25.0. The molecular formula is C31H54N2O5. The number of amides is 1. The molecule has 4 aliphatic carbocycles. The van der Waals surface area contributed by atoms with Gasteiger partial charge in [0.2, 0.25) is 5.91 Å². The summed E-state index contributed by atoms with van der Waals surface area (Å²) >= 11 is 0. The molecule has 11 unspecified atom stereocenters. The van der Waals surface area contributed by atoms with Gasteiger partial charge < -0.3 is 26.0 Å². The van der Waals surface area contributed by atoms with Gasteiger partial charge in [-0.15, -0.1) is 0 Å². The van der Waals surface area contributed by atoms with Crippen LogP contribution in [0.15, 0.2) is 0 Å². The van der Waals surface area contributed by atoms with Gasteiger partial charge in [0.15, 0.2) is 0 Å². The van der Waals surface area contributed by atoms with E-state index in [1.54, 1.807) is 0 Å². The first kappa shape index (κ1) is 29.8. The van der Waals surface area contributed by atoms with E-state index in [2.05, 4.69) is 26.1 Å². The number of carbonyl (C=O) groups is 2. The summed E-state index contributed by atoms with van der Waals surface area (Å²) in [5.41, 5.74) is 5.72. The Labute approximate surface area is 230 Å². The van der Waals surface area contributed by atoms with Crippen molar-refractivity contribution in [3.63, 3.8) is 0 Å². The van der Waals surface area contributed by atoms with Crippen molar-refractivity contribution in [1.29, 1.82) is 0 Å². The number of nitrogens with one attached hydrogen (secondary N) is 1. The van der Waals surface area contributed by atoms with Gasteiger partial charge in [-0.05, 0) is 130 Å². The fraction of sp³-hybridized carbons (Fsp3) is 0.935. The molecule has 0 aromatic rings. The Balaban J connectivity index is 1.37. The smallest absolute Gasteiger partial charge is 0.328 e. The number of hydrogen-bond acceptors (Lipinski definition) is 6. The largest absolute Gasteiger partial charge is 0.467 e. The van der Waals surface area contributed by atoms with Crippen molar-refractivity contribution in [2.45, 2.75) is 122 Å². The van der Waals surface area contributed by atoms with Gasteiger partial charge in [0.05, 0.1) is 19.3 Å². The van der Waals surface area contributed by atoms with Gasteiger partial charge in [-0.1, -0.05) is 20.8 Å². The molecule has 7 nitrogen and oxygen atoms in total. The molecule has 218 valence electrons. The highest BCUT2D eigenvalue weighted by atomic mass is 16.5. The van der Waals surface area contributed by atoms with Gasteiger partial charge in [0.1, 0.15) is 6.04 Å². The van der Waals surface area contributed by atoms with Crippen LogP contribution < -0.4 is 11.1 Å². The summed E-state index contributed by atoms with van der Waals surface area (Å²) < 4.78 is 4.90. The zero-order valence-electron chi connectivity index (χ0n) is 24.3. The maximum Gasteiger partial charge on any atom is 0.328 e. The standard InChI is InChI=1S/C31H54N2O5/c1-19(8-13-28(36)33-26(29(37)38-4)7-5-6-16-32)23-11-12-24-22-10-9-20-17-21(34)14-15-30(20,2)25(22)18-27(35)31(23,24)3/h19-27,34-35H,5-18,32H2,1-4H3,(H,33,36). The summed E-state index contributed by atoms with van der Waals surface area (Å²) in [6.07, 6.45) is 11.3. The lowest BCUT2D eigenvalue weighted by atomic mass is 9.43. The quantitative estimate of drug-likeness (QED) is 0.246. The second-order valence-electron chi connectivity index (χ2n) is 13.8. The Kier molecular flexibility index (Phi) is 9.52. The number of aliphatic hydroxyl groups is 2. The summed E-state index contributed by atoms with van der Waals surface area (Å²) in [4.78, 5) is 25.0. The van der Waals surface area contributed by atoms with Crippen LogP contribution in [0.25, 0.3) is 0 Å². The Bertz CT molecular complexity index is 837. The lowest BCUT2D eigenvalue weighted by molar-refractivity contribution is -0.175. The van der Waals surface area contributed by atoms with Gasteiger partial charge in [0, 0.05) is 6.42 Å². The van der Waals surface area contributed by atoms with E-state index in [9.17, 15) is 19.8 Å². The van der Waals surface area contributed by atoms with Crippen molar-refractivity contribution in [2.24, 2.45) is 52.1 Å². The van der Waals surface area contributed by atoms with Crippen LogP contribution >= 0.6 is 0 Å². The molecule has 4 rings (SSSR count). The number of carbonyl (C=O) groups excluding carboxylic acids is 2. The minimum absolute atomic E-state index is 0.102. The number of aliphatic hydroxyl groups excluding tert-OH is 2. The molecule has 4 saturated carbocycles. The molecule has 7 heteroatoms. The number of ether oxygens (including phenoxy) is 1. The Morgan fingerprint density at radius 2 is 1.79 bits per heavy atom. The highest BCUT2D eigenvalue weighted by Gasteiger charge is 2.63. The zero-order valence-corrected chi connectivity index (χ0v) is 24.3. The molecule has 0 spiro atoms. The van der Waals surface area contributed by atoms with Gasteiger partial charge in [-0.25, -0.2) is 4.79 Å². The molecule has 0 aromatic carbocycles. The second-order valence-corrected chi connectivity index (χ2v) is 13.8. The van der Waals surface area contributed by atoms with Crippen molar-refractivity contribution in [2.75, 3.05) is 13.7 Å². The van der Waals surface area contributed by atoms with Crippen LogP contribution in [-0.4, -0.2) is 54.0 Å². The highest BCUT2D eigenvalue weighted by molar-refractivity contribution is 5.84. The zero-order chi connectivity index (χ0) is 27.7. The molecule has 11 atom stereocenters. The second kappa shape index (κ2) is 12.1. The minimum Gasteiger partial charge on any atom is -0.467 e. The Morgan fingerprint density at radius 1 is 1.03 bits per heavy atom. The first-order chi connectivity index (χ1) is 18.1. The predicted octanol–water partition coefficient (Wildman–Crippen LogP) is 4.18. The highest BCUT2D eigenvalue weighted by Crippen LogP contribution is 2.68. The van der Waals surface area contributed by atoms with Gasteiger partial charge in [-0.3, -0.25) is 4.79 Å². The molecule has 0 aliphatic heterocycles.